The molecule has 1 amide bonds. The number of hydrogen-bond donors (Lipinski definition) is 2. The number of carbonyl (C=O) groups is 1. The first-order chi connectivity index (χ1) is 12.2. The van der Waals surface area contributed by atoms with Crippen LogP contribution in [0.2, 0.25) is 0 Å². The Labute approximate surface area is 143 Å². The van der Waals surface area contributed by atoms with Gasteiger partial charge in [-0.05, 0) is 48.6 Å². The number of carbonyl (C=O) groups excluding carboxylic acids is 1. The number of rotatable bonds is 3. The van der Waals surface area contributed by atoms with Crippen molar-refractivity contribution in [3.8, 4) is 11.5 Å². The van der Waals surface area contributed by atoms with Gasteiger partial charge in [-0.3, -0.25) is 9.59 Å². The first-order valence-electron chi connectivity index (χ1n) is 8.13. The number of aromatic amines is 1. The van der Waals surface area contributed by atoms with Crippen molar-refractivity contribution in [3.05, 3.63) is 57.5 Å². The zero-order chi connectivity index (χ0) is 17.2. The highest BCUT2D eigenvalue weighted by Crippen LogP contribution is 2.32. The topological polar surface area (TPSA) is 93.3 Å². The van der Waals surface area contributed by atoms with E-state index in [0.29, 0.717) is 17.9 Å². The van der Waals surface area contributed by atoms with Gasteiger partial charge in [-0.15, -0.1) is 0 Å². The number of aromatic nitrogens is 2. The van der Waals surface area contributed by atoms with Crippen LogP contribution >= 0.6 is 0 Å². The van der Waals surface area contributed by atoms with Gasteiger partial charge in [-0.1, -0.05) is 6.07 Å². The number of nitrogens with one attached hydrogen (secondary N) is 2. The Bertz CT molecular complexity index is 903. The summed E-state index contributed by atoms with van der Waals surface area (Å²) >= 11 is 0. The quantitative estimate of drug-likeness (QED) is 0.819. The van der Waals surface area contributed by atoms with Crippen LogP contribution < -0.4 is 20.3 Å². The highest BCUT2D eigenvalue weighted by Gasteiger charge is 2.21. The molecule has 0 saturated carbocycles. The number of hydrogen-bond acceptors (Lipinski definition) is 5. The Morgan fingerprint density at radius 3 is 3.08 bits per heavy atom. The van der Waals surface area contributed by atoms with Crippen LogP contribution in [0.25, 0.3) is 6.08 Å². The van der Waals surface area contributed by atoms with E-state index >= 15 is 0 Å². The van der Waals surface area contributed by atoms with Crippen molar-refractivity contribution in [2.45, 2.75) is 25.3 Å². The monoisotopic (exact) mass is 339 g/mol. The maximum absolute atomic E-state index is 12.2. The molecule has 1 aliphatic carbocycles. The maximum Gasteiger partial charge on any atom is 0.264 e. The molecular formula is C18H17N3O4. The van der Waals surface area contributed by atoms with E-state index in [0.717, 1.165) is 29.7 Å². The van der Waals surface area contributed by atoms with Gasteiger partial charge >= 0.3 is 0 Å². The Hall–Kier alpha value is -3.09. The number of nitrogens with zero attached hydrogens (tertiary/aromatic N) is 1. The van der Waals surface area contributed by atoms with Crippen molar-refractivity contribution in [1.82, 2.24) is 15.5 Å². The number of fused-ring (bicyclic) bond motifs is 2. The lowest BCUT2D eigenvalue weighted by Crippen LogP contribution is -2.38. The van der Waals surface area contributed by atoms with Gasteiger partial charge in [0.25, 0.3) is 5.56 Å². The average Bonchev–Trinajstić information content (AvgIpc) is 3.07. The lowest BCUT2D eigenvalue weighted by atomic mass is 9.92. The fraction of sp³-hybridized carbons (Fsp3) is 0.278. The largest absolute Gasteiger partial charge is 0.454 e. The third-order valence-electron chi connectivity index (χ3n) is 4.34. The molecule has 7 heteroatoms. The molecule has 1 aromatic heterocycles. The molecule has 2 aromatic rings. The molecule has 1 aromatic carbocycles. The van der Waals surface area contributed by atoms with E-state index in [1.807, 2.05) is 18.2 Å². The number of amides is 1. The average molecular weight is 339 g/mol. The standard InChI is InChI=1S/C18H17N3O4/c22-17(6-2-11-1-5-15-16(7-11)25-10-24-15)19-13-3-4-14-12(8-13)9-18(23)21-20-14/h1-2,5-7,9,13H,3-4,8,10H2,(H,19,22)(H,21,23). The molecule has 0 spiro atoms. The smallest absolute Gasteiger partial charge is 0.264 e. The second-order valence-corrected chi connectivity index (χ2v) is 6.10. The fourth-order valence-electron chi connectivity index (χ4n) is 3.10. The summed E-state index contributed by atoms with van der Waals surface area (Å²) in [6, 6.07) is 7.09. The highest BCUT2D eigenvalue weighted by atomic mass is 16.7. The van der Waals surface area contributed by atoms with Gasteiger partial charge in [0.05, 0.1) is 5.69 Å². The second-order valence-electron chi connectivity index (χ2n) is 6.10. The minimum atomic E-state index is -0.214. The van der Waals surface area contributed by atoms with E-state index in [1.165, 1.54) is 6.08 Å². The molecule has 0 fully saturated rings. The molecule has 0 radical (unpaired) electrons. The number of ether oxygens (including phenoxy) is 2. The van der Waals surface area contributed by atoms with Crippen LogP contribution in [-0.4, -0.2) is 28.9 Å². The molecule has 2 heterocycles. The summed E-state index contributed by atoms with van der Waals surface area (Å²) in [5.41, 5.74) is 2.46. The third-order valence-corrected chi connectivity index (χ3v) is 4.34. The van der Waals surface area contributed by atoms with Crippen molar-refractivity contribution >= 4 is 12.0 Å². The first-order valence-corrected chi connectivity index (χ1v) is 8.13. The van der Waals surface area contributed by atoms with Crippen LogP contribution in [-0.2, 0) is 17.6 Å². The maximum atomic E-state index is 12.2. The number of H-pyrrole nitrogens is 1. The molecule has 7 nitrogen and oxygen atoms in total. The van der Waals surface area contributed by atoms with Crippen LogP contribution in [0.1, 0.15) is 23.2 Å². The summed E-state index contributed by atoms with van der Waals surface area (Å²) in [6.07, 6.45) is 5.40. The summed E-state index contributed by atoms with van der Waals surface area (Å²) in [4.78, 5) is 23.5. The summed E-state index contributed by atoms with van der Waals surface area (Å²) in [5, 5.41) is 9.48. The minimum Gasteiger partial charge on any atom is -0.454 e. The molecule has 0 bridgehead atoms. The van der Waals surface area contributed by atoms with Gasteiger partial charge in [-0.2, -0.15) is 5.10 Å². The van der Waals surface area contributed by atoms with Gasteiger partial charge in [0, 0.05) is 18.2 Å². The molecule has 4 rings (SSSR count). The number of aryl methyl sites for hydroxylation is 1. The van der Waals surface area contributed by atoms with E-state index in [-0.39, 0.29) is 24.3 Å². The Balaban J connectivity index is 1.38. The molecule has 1 aliphatic heterocycles. The molecule has 2 N–H and O–H groups in total. The molecule has 25 heavy (non-hydrogen) atoms. The molecule has 2 aliphatic rings. The summed E-state index contributed by atoms with van der Waals surface area (Å²) in [6.45, 7) is 0.226. The Morgan fingerprint density at radius 1 is 1.28 bits per heavy atom. The molecular weight excluding hydrogens is 322 g/mol. The van der Waals surface area contributed by atoms with E-state index in [9.17, 15) is 9.59 Å². The molecule has 1 unspecified atom stereocenters. The van der Waals surface area contributed by atoms with Crippen molar-refractivity contribution < 1.29 is 14.3 Å². The van der Waals surface area contributed by atoms with Crippen LogP contribution in [0.5, 0.6) is 11.5 Å². The van der Waals surface area contributed by atoms with E-state index < -0.39 is 0 Å². The van der Waals surface area contributed by atoms with Gasteiger partial charge in [0.2, 0.25) is 12.7 Å². The molecule has 128 valence electrons. The highest BCUT2D eigenvalue weighted by molar-refractivity contribution is 5.92. The zero-order valence-electron chi connectivity index (χ0n) is 13.5. The van der Waals surface area contributed by atoms with Gasteiger partial charge in [0.1, 0.15) is 0 Å². The van der Waals surface area contributed by atoms with Crippen molar-refractivity contribution in [2.24, 2.45) is 0 Å². The summed E-state index contributed by atoms with van der Waals surface area (Å²) in [7, 11) is 0. The van der Waals surface area contributed by atoms with Crippen molar-refractivity contribution in [2.75, 3.05) is 6.79 Å². The second kappa shape index (κ2) is 6.43. The van der Waals surface area contributed by atoms with E-state index in [4.69, 9.17) is 9.47 Å². The van der Waals surface area contributed by atoms with Crippen LogP contribution in [0.4, 0.5) is 0 Å². The summed E-state index contributed by atoms with van der Waals surface area (Å²) in [5.74, 6) is 1.24. The third kappa shape index (κ3) is 3.40. The first kappa shape index (κ1) is 15.4. The minimum absolute atomic E-state index is 0.00463. The Morgan fingerprint density at radius 2 is 2.16 bits per heavy atom. The van der Waals surface area contributed by atoms with Crippen LogP contribution in [0.3, 0.4) is 0 Å². The lowest BCUT2D eigenvalue weighted by Gasteiger charge is -2.23. The SMILES string of the molecule is O=C(C=Cc1ccc2c(c1)OCO2)NC1CCc2n[nH]c(=O)cc2C1. The zero-order valence-corrected chi connectivity index (χ0v) is 13.5. The van der Waals surface area contributed by atoms with E-state index in [2.05, 4.69) is 15.5 Å². The predicted molar refractivity (Wildman–Crippen MR) is 90.4 cm³/mol. The number of benzene rings is 1. The molecule has 0 saturated heterocycles. The van der Waals surface area contributed by atoms with Crippen molar-refractivity contribution in [1.29, 1.82) is 0 Å². The van der Waals surface area contributed by atoms with Crippen LogP contribution in [0, 0.1) is 0 Å². The predicted octanol–water partition coefficient (Wildman–Crippen LogP) is 1.19. The van der Waals surface area contributed by atoms with Gasteiger partial charge in [0.15, 0.2) is 11.5 Å². The van der Waals surface area contributed by atoms with E-state index in [1.54, 1.807) is 12.1 Å². The van der Waals surface area contributed by atoms with Crippen molar-refractivity contribution in [3.63, 3.8) is 0 Å². The Kier molecular flexibility index (Phi) is 3.97. The summed E-state index contributed by atoms with van der Waals surface area (Å²) < 4.78 is 10.6. The van der Waals surface area contributed by atoms with Gasteiger partial charge < -0.3 is 14.8 Å². The van der Waals surface area contributed by atoms with Crippen LogP contribution in [0.15, 0.2) is 35.1 Å². The fourth-order valence-corrected chi connectivity index (χ4v) is 3.10. The normalized spacial score (nSPS) is 18.2. The van der Waals surface area contributed by atoms with Gasteiger partial charge in [-0.25, -0.2) is 5.10 Å². The lowest BCUT2D eigenvalue weighted by molar-refractivity contribution is -0.117. The molecule has 1 atom stereocenters.